The van der Waals surface area contributed by atoms with Crippen LogP contribution in [0.25, 0.3) is 11.0 Å². The number of furan rings is 1. The van der Waals surface area contributed by atoms with Gasteiger partial charge >= 0.3 is 0 Å². The van der Waals surface area contributed by atoms with Gasteiger partial charge in [0.15, 0.2) is 6.10 Å². The van der Waals surface area contributed by atoms with Gasteiger partial charge in [0, 0.05) is 12.4 Å². The maximum absolute atomic E-state index is 10.4. The Kier molecular flexibility index (Phi) is 2.84. The third-order valence-corrected chi connectivity index (χ3v) is 3.45. The summed E-state index contributed by atoms with van der Waals surface area (Å²) in [6, 6.07) is 7.71. The van der Waals surface area contributed by atoms with E-state index in [1.165, 1.54) is 6.20 Å². The smallest absolute Gasteiger partial charge is 0.155 e. The summed E-state index contributed by atoms with van der Waals surface area (Å²) < 4.78 is 7.22. The van der Waals surface area contributed by atoms with Crippen LogP contribution in [0.2, 0.25) is 5.02 Å². The first-order valence-corrected chi connectivity index (χ1v) is 6.29. The highest BCUT2D eigenvalue weighted by Gasteiger charge is 2.22. The summed E-state index contributed by atoms with van der Waals surface area (Å²) in [7, 11) is 1.73. The second kappa shape index (κ2) is 4.40. The van der Waals surface area contributed by atoms with Crippen LogP contribution in [0, 0.1) is 6.92 Å². The standard InChI is InChI=1S/C14H13ClN2O2/c1-8-3-4-11-9(5-8)6-12(19-11)14(18)13-10(15)7-16-17(13)2/h3-7,14,18H,1-2H3. The highest BCUT2D eigenvalue weighted by Crippen LogP contribution is 2.31. The van der Waals surface area contributed by atoms with Gasteiger partial charge in [0.2, 0.25) is 0 Å². The zero-order chi connectivity index (χ0) is 13.6. The molecule has 0 saturated carbocycles. The zero-order valence-electron chi connectivity index (χ0n) is 10.6. The Balaban J connectivity index is 2.09. The number of hydrogen-bond acceptors (Lipinski definition) is 3. The number of hydrogen-bond donors (Lipinski definition) is 1. The molecule has 0 radical (unpaired) electrons. The van der Waals surface area contributed by atoms with Crippen molar-refractivity contribution >= 4 is 22.6 Å². The lowest BCUT2D eigenvalue weighted by molar-refractivity contribution is 0.183. The van der Waals surface area contributed by atoms with E-state index in [1.54, 1.807) is 11.7 Å². The molecule has 0 bridgehead atoms. The predicted molar refractivity (Wildman–Crippen MR) is 73.2 cm³/mol. The molecule has 1 atom stereocenters. The average Bonchev–Trinajstić information content (AvgIpc) is 2.92. The first-order valence-electron chi connectivity index (χ1n) is 5.92. The van der Waals surface area contributed by atoms with Gasteiger partial charge in [-0.15, -0.1) is 0 Å². The van der Waals surface area contributed by atoms with Crippen LogP contribution in [0.1, 0.15) is 23.1 Å². The minimum absolute atomic E-state index is 0.423. The summed E-state index contributed by atoms with van der Waals surface area (Å²) >= 11 is 6.03. The normalized spacial score (nSPS) is 13.1. The van der Waals surface area contributed by atoms with Gasteiger partial charge in [0.1, 0.15) is 11.3 Å². The summed E-state index contributed by atoms with van der Waals surface area (Å²) in [6.45, 7) is 2.01. The molecule has 1 N–H and O–H groups in total. The average molecular weight is 277 g/mol. The molecule has 2 aromatic heterocycles. The molecule has 0 aliphatic heterocycles. The predicted octanol–water partition coefficient (Wildman–Crippen LogP) is 3.21. The van der Waals surface area contributed by atoms with E-state index in [1.807, 2.05) is 31.2 Å². The summed E-state index contributed by atoms with van der Waals surface area (Å²) in [4.78, 5) is 0. The van der Waals surface area contributed by atoms with E-state index < -0.39 is 6.10 Å². The molecule has 0 amide bonds. The van der Waals surface area contributed by atoms with Crippen LogP contribution in [-0.2, 0) is 7.05 Å². The van der Waals surface area contributed by atoms with Gasteiger partial charge in [-0.3, -0.25) is 4.68 Å². The molecule has 0 aliphatic carbocycles. The van der Waals surface area contributed by atoms with Crippen LogP contribution < -0.4 is 0 Å². The molecule has 2 heterocycles. The fraction of sp³-hybridized carbons (Fsp3) is 0.214. The quantitative estimate of drug-likeness (QED) is 0.782. The molecule has 19 heavy (non-hydrogen) atoms. The van der Waals surface area contributed by atoms with Crippen LogP contribution in [0.5, 0.6) is 0 Å². The van der Waals surface area contributed by atoms with Crippen molar-refractivity contribution in [3.63, 3.8) is 0 Å². The molecule has 5 heteroatoms. The van der Waals surface area contributed by atoms with Crippen molar-refractivity contribution in [2.45, 2.75) is 13.0 Å². The Labute approximate surface area is 115 Å². The molecular weight excluding hydrogens is 264 g/mol. The molecule has 3 aromatic rings. The molecule has 0 saturated heterocycles. The van der Waals surface area contributed by atoms with E-state index in [9.17, 15) is 5.11 Å². The van der Waals surface area contributed by atoms with Crippen LogP contribution in [0.3, 0.4) is 0 Å². The summed E-state index contributed by atoms with van der Waals surface area (Å²) in [5, 5.41) is 15.8. The Hall–Kier alpha value is -1.78. The Morgan fingerprint density at radius 1 is 1.37 bits per heavy atom. The SMILES string of the molecule is Cc1ccc2oc(C(O)c3c(Cl)cnn3C)cc2c1. The minimum atomic E-state index is -0.923. The van der Waals surface area contributed by atoms with E-state index in [-0.39, 0.29) is 0 Å². The van der Waals surface area contributed by atoms with Crippen molar-refractivity contribution in [3.05, 3.63) is 52.5 Å². The molecular formula is C14H13ClN2O2. The van der Waals surface area contributed by atoms with E-state index in [0.29, 0.717) is 16.5 Å². The maximum Gasteiger partial charge on any atom is 0.155 e. The van der Waals surface area contributed by atoms with Crippen LogP contribution in [0.15, 0.2) is 34.9 Å². The van der Waals surface area contributed by atoms with E-state index in [4.69, 9.17) is 16.0 Å². The number of rotatable bonds is 2. The van der Waals surface area contributed by atoms with E-state index in [2.05, 4.69) is 5.10 Å². The number of halogens is 1. The molecule has 0 spiro atoms. The van der Waals surface area contributed by atoms with Gasteiger partial charge in [-0.25, -0.2) is 0 Å². The largest absolute Gasteiger partial charge is 0.458 e. The summed E-state index contributed by atoms with van der Waals surface area (Å²) in [6.07, 6.45) is 0.583. The molecule has 98 valence electrons. The molecule has 1 aromatic carbocycles. The summed E-state index contributed by atoms with van der Waals surface area (Å²) in [5.41, 5.74) is 2.42. The molecule has 4 nitrogen and oxygen atoms in total. The first-order chi connectivity index (χ1) is 9.06. The van der Waals surface area contributed by atoms with Crippen molar-refractivity contribution in [2.24, 2.45) is 7.05 Å². The fourth-order valence-corrected chi connectivity index (χ4v) is 2.45. The number of aliphatic hydroxyl groups excluding tert-OH is 1. The number of aryl methyl sites for hydroxylation is 2. The maximum atomic E-state index is 10.4. The van der Waals surface area contributed by atoms with Gasteiger partial charge in [0.25, 0.3) is 0 Å². The van der Waals surface area contributed by atoms with Crippen LogP contribution >= 0.6 is 11.6 Å². The zero-order valence-corrected chi connectivity index (χ0v) is 11.3. The van der Waals surface area contributed by atoms with E-state index >= 15 is 0 Å². The number of aliphatic hydroxyl groups is 1. The van der Waals surface area contributed by atoms with Crippen LogP contribution in [0.4, 0.5) is 0 Å². The Bertz CT molecular complexity index is 726. The second-order valence-electron chi connectivity index (χ2n) is 4.59. The monoisotopic (exact) mass is 276 g/mol. The Morgan fingerprint density at radius 3 is 2.84 bits per heavy atom. The van der Waals surface area contributed by atoms with Gasteiger partial charge in [-0.2, -0.15) is 5.10 Å². The van der Waals surface area contributed by atoms with Crippen LogP contribution in [-0.4, -0.2) is 14.9 Å². The first kappa shape index (κ1) is 12.3. The number of aromatic nitrogens is 2. The molecule has 0 fully saturated rings. The van der Waals surface area contributed by atoms with Crippen molar-refractivity contribution in [1.29, 1.82) is 0 Å². The third-order valence-electron chi connectivity index (χ3n) is 3.16. The fourth-order valence-electron chi connectivity index (χ4n) is 2.18. The molecule has 3 rings (SSSR count). The second-order valence-corrected chi connectivity index (χ2v) is 5.00. The van der Waals surface area contributed by atoms with Gasteiger partial charge in [0.05, 0.1) is 16.9 Å². The van der Waals surface area contributed by atoms with Crippen molar-refractivity contribution in [2.75, 3.05) is 0 Å². The number of nitrogens with zero attached hydrogens (tertiary/aromatic N) is 2. The minimum Gasteiger partial charge on any atom is -0.458 e. The van der Waals surface area contributed by atoms with Crippen molar-refractivity contribution in [1.82, 2.24) is 9.78 Å². The highest BCUT2D eigenvalue weighted by molar-refractivity contribution is 6.31. The summed E-state index contributed by atoms with van der Waals surface area (Å²) in [5.74, 6) is 0.464. The van der Waals surface area contributed by atoms with Crippen molar-refractivity contribution < 1.29 is 9.52 Å². The lowest BCUT2D eigenvalue weighted by atomic mass is 10.1. The highest BCUT2D eigenvalue weighted by atomic mass is 35.5. The number of fused-ring (bicyclic) bond motifs is 1. The lowest BCUT2D eigenvalue weighted by Gasteiger charge is -2.08. The molecule has 0 aliphatic rings. The van der Waals surface area contributed by atoms with Gasteiger partial charge in [-0.05, 0) is 25.1 Å². The van der Waals surface area contributed by atoms with Gasteiger partial charge < -0.3 is 9.52 Å². The third kappa shape index (κ3) is 2.03. The lowest BCUT2D eigenvalue weighted by Crippen LogP contribution is -2.06. The topological polar surface area (TPSA) is 51.2 Å². The van der Waals surface area contributed by atoms with Crippen molar-refractivity contribution in [3.8, 4) is 0 Å². The van der Waals surface area contributed by atoms with E-state index in [0.717, 1.165) is 16.5 Å². The molecule has 1 unspecified atom stereocenters. The Morgan fingerprint density at radius 2 is 2.16 bits per heavy atom. The number of benzene rings is 1. The van der Waals surface area contributed by atoms with Gasteiger partial charge in [-0.1, -0.05) is 23.2 Å².